The maximum atomic E-state index is 14.3. The van der Waals surface area contributed by atoms with Crippen LogP contribution < -0.4 is 11.3 Å². The first-order valence-electron chi connectivity index (χ1n) is 12.4. The van der Waals surface area contributed by atoms with Crippen LogP contribution in [-0.4, -0.2) is 29.5 Å². The molecule has 0 fully saturated rings. The molecule has 0 saturated heterocycles. The smallest absolute Gasteiger partial charge is 0.263 e. The quantitative estimate of drug-likeness (QED) is 0.354. The second kappa shape index (κ2) is 9.48. The summed E-state index contributed by atoms with van der Waals surface area (Å²) in [6, 6.07) is 21.4. The molecule has 38 heavy (non-hydrogen) atoms. The number of fused-ring (bicyclic) bond motifs is 2. The number of hydrogen-bond donors (Lipinski definition) is 1. The highest BCUT2D eigenvalue weighted by Gasteiger charge is 2.21. The first-order valence-corrected chi connectivity index (χ1v) is 12.4. The fraction of sp³-hybridized carbons (Fsp3) is 0.133. The molecule has 0 aliphatic carbocycles. The van der Waals surface area contributed by atoms with Crippen molar-refractivity contribution in [2.24, 2.45) is 0 Å². The number of nitrogens with two attached hydrogens (primary N) is 1. The Morgan fingerprint density at radius 2 is 1.71 bits per heavy atom. The molecule has 0 bridgehead atoms. The van der Waals surface area contributed by atoms with Gasteiger partial charge in [-0.1, -0.05) is 43.3 Å². The van der Waals surface area contributed by atoms with E-state index >= 15 is 0 Å². The van der Waals surface area contributed by atoms with Gasteiger partial charge in [0.15, 0.2) is 0 Å². The van der Waals surface area contributed by atoms with Crippen molar-refractivity contribution in [3.05, 3.63) is 113 Å². The van der Waals surface area contributed by atoms with Gasteiger partial charge < -0.3 is 5.73 Å². The van der Waals surface area contributed by atoms with Crippen molar-refractivity contribution < 1.29 is 0 Å². The second-order valence-electron chi connectivity index (χ2n) is 9.34. The fourth-order valence-electron chi connectivity index (χ4n) is 4.95. The van der Waals surface area contributed by atoms with Gasteiger partial charge in [-0.2, -0.15) is 0 Å². The zero-order valence-corrected chi connectivity index (χ0v) is 21.0. The minimum absolute atomic E-state index is 0.0850. The standard InChI is InChI=1S/C30H25N7O/c1-18(14-25-28-24(12-7-13-32-28)35-30(31)36-25)26-15-20-8-6-11-23(21-16-33-19(2)34-17-21)27(20)29(38)37(26)22-9-4-3-5-10-22/h3-13,15-18H,14H2,1-2H3,(H2,31,35,36)/t18-/m1/s1. The summed E-state index contributed by atoms with van der Waals surface area (Å²) >= 11 is 0. The minimum Gasteiger partial charge on any atom is -0.368 e. The van der Waals surface area contributed by atoms with Crippen LogP contribution in [0.3, 0.4) is 0 Å². The number of benzene rings is 2. The number of para-hydroxylation sites is 1. The number of aromatic nitrogens is 6. The Morgan fingerprint density at radius 3 is 2.50 bits per heavy atom. The van der Waals surface area contributed by atoms with E-state index in [0.717, 1.165) is 33.6 Å². The lowest BCUT2D eigenvalue weighted by molar-refractivity contribution is 0.687. The lowest BCUT2D eigenvalue weighted by atomic mass is 9.95. The molecule has 0 aliphatic heterocycles. The monoisotopic (exact) mass is 499 g/mol. The summed E-state index contributed by atoms with van der Waals surface area (Å²) in [6.07, 6.45) is 5.78. The number of nitrogen functional groups attached to an aromatic ring is 1. The predicted octanol–water partition coefficient (Wildman–Crippen LogP) is 5.02. The SMILES string of the molecule is Cc1ncc(-c2cccc3cc([C@H](C)Cc4nc(N)nc5cccnc45)n(-c4ccccc4)c(=O)c23)cn1. The van der Waals surface area contributed by atoms with E-state index < -0.39 is 0 Å². The maximum absolute atomic E-state index is 14.3. The molecular formula is C30H25N7O. The molecule has 186 valence electrons. The Hall–Kier alpha value is -4.98. The molecule has 6 aromatic rings. The van der Waals surface area contributed by atoms with Gasteiger partial charge in [-0.25, -0.2) is 19.9 Å². The summed E-state index contributed by atoms with van der Waals surface area (Å²) in [5, 5.41) is 1.48. The molecule has 0 amide bonds. The van der Waals surface area contributed by atoms with Crippen molar-refractivity contribution >= 4 is 27.8 Å². The topological polar surface area (TPSA) is 112 Å². The molecule has 1 atom stereocenters. The van der Waals surface area contributed by atoms with Crippen LogP contribution in [-0.2, 0) is 6.42 Å². The van der Waals surface area contributed by atoms with E-state index in [1.165, 1.54) is 0 Å². The van der Waals surface area contributed by atoms with Gasteiger partial charge >= 0.3 is 0 Å². The zero-order valence-electron chi connectivity index (χ0n) is 21.0. The number of rotatable bonds is 5. The molecule has 0 spiro atoms. The lowest BCUT2D eigenvalue weighted by Crippen LogP contribution is -2.24. The molecule has 8 nitrogen and oxygen atoms in total. The first kappa shape index (κ1) is 23.4. The summed E-state index contributed by atoms with van der Waals surface area (Å²) in [4.78, 5) is 36.3. The summed E-state index contributed by atoms with van der Waals surface area (Å²) < 4.78 is 1.80. The van der Waals surface area contributed by atoms with Crippen LogP contribution in [0.4, 0.5) is 5.95 Å². The van der Waals surface area contributed by atoms with Crippen LogP contribution in [0.2, 0.25) is 0 Å². The third kappa shape index (κ3) is 4.16. The molecule has 4 aromatic heterocycles. The number of aryl methyl sites for hydroxylation is 1. The number of nitrogens with zero attached hydrogens (tertiary/aromatic N) is 6. The number of pyridine rings is 2. The van der Waals surface area contributed by atoms with Gasteiger partial charge in [0.25, 0.3) is 5.56 Å². The Bertz CT molecular complexity index is 1850. The fourth-order valence-corrected chi connectivity index (χ4v) is 4.95. The molecular weight excluding hydrogens is 474 g/mol. The van der Waals surface area contributed by atoms with Gasteiger partial charge in [0.2, 0.25) is 5.95 Å². The van der Waals surface area contributed by atoms with Crippen LogP contribution in [0.5, 0.6) is 0 Å². The van der Waals surface area contributed by atoms with E-state index in [9.17, 15) is 4.79 Å². The van der Waals surface area contributed by atoms with Crippen LogP contribution in [0, 0.1) is 6.92 Å². The van der Waals surface area contributed by atoms with E-state index in [1.54, 1.807) is 23.2 Å². The van der Waals surface area contributed by atoms with E-state index in [2.05, 4.69) is 37.9 Å². The third-order valence-electron chi connectivity index (χ3n) is 6.73. The molecule has 2 aromatic carbocycles. The average Bonchev–Trinajstić information content (AvgIpc) is 2.93. The van der Waals surface area contributed by atoms with Crippen LogP contribution in [0.25, 0.3) is 38.6 Å². The van der Waals surface area contributed by atoms with Gasteiger partial charge in [0.05, 0.1) is 16.6 Å². The second-order valence-corrected chi connectivity index (χ2v) is 9.34. The zero-order chi connectivity index (χ0) is 26.2. The summed E-state index contributed by atoms with van der Waals surface area (Å²) in [5.74, 6) is 0.800. The Labute approximate surface area is 218 Å². The molecule has 0 radical (unpaired) electrons. The van der Waals surface area contributed by atoms with Crippen molar-refractivity contribution in [3.8, 4) is 16.8 Å². The third-order valence-corrected chi connectivity index (χ3v) is 6.73. The highest BCUT2D eigenvalue weighted by atomic mass is 16.1. The highest BCUT2D eigenvalue weighted by molar-refractivity contribution is 5.96. The normalized spacial score (nSPS) is 12.2. The van der Waals surface area contributed by atoms with Gasteiger partial charge in [0, 0.05) is 47.9 Å². The number of hydrogen-bond acceptors (Lipinski definition) is 7. The van der Waals surface area contributed by atoms with Gasteiger partial charge in [-0.3, -0.25) is 14.3 Å². The van der Waals surface area contributed by atoms with Gasteiger partial charge in [-0.15, -0.1) is 0 Å². The van der Waals surface area contributed by atoms with E-state index in [4.69, 9.17) is 5.73 Å². The molecule has 0 saturated carbocycles. The molecule has 6 rings (SSSR count). The lowest BCUT2D eigenvalue weighted by Gasteiger charge is -2.21. The molecule has 2 N–H and O–H groups in total. The minimum atomic E-state index is -0.100. The first-order chi connectivity index (χ1) is 18.5. The van der Waals surface area contributed by atoms with Gasteiger partial charge in [-0.05, 0) is 48.2 Å². The van der Waals surface area contributed by atoms with Crippen molar-refractivity contribution in [2.45, 2.75) is 26.2 Å². The van der Waals surface area contributed by atoms with Crippen LogP contribution in [0.15, 0.2) is 90.1 Å². The molecule has 0 unspecified atom stereocenters. The van der Waals surface area contributed by atoms with E-state index in [1.807, 2.05) is 67.6 Å². The van der Waals surface area contributed by atoms with Crippen molar-refractivity contribution in [1.82, 2.24) is 29.5 Å². The van der Waals surface area contributed by atoms with Crippen molar-refractivity contribution in [2.75, 3.05) is 5.73 Å². The van der Waals surface area contributed by atoms with Crippen molar-refractivity contribution in [1.29, 1.82) is 0 Å². The Kier molecular flexibility index (Phi) is 5.84. The summed E-state index contributed by atoms with van der Waals surface area (Å²) in [7, 11) is 0. The van der Waals surface area contributed by atoms with Gasteiger partial charge in [0.1, 0.15) is 11.3 Å². The number of anilines is 1. The average molecular weight is 500 g/mol. The van der Waals surface area contributed by atoms with Crippen LogP contribution >= 0.6 is 0 Å². The summed E-state index contributed by atoms with van der Waals surface area (Å²) in [5.41, 5.74) is 11.3. The predicted molar refractivity (Wildman–Crippen MR) is 149 cm³/mol. The van der Waals surface area contributed by atoms with Crippen molar-refractivity contribution in [3.63, 3.8) is 0 Å². The molecule has 4 heterocycles. The maximum Gasteiger partial charge on any atom is 0.263 e. The van der Waals surface area contributed by atoms with Crippen LogP contribution in [0.1, 0.15) is 30.1 Å². The Morgan fingerprint density at radius 1 is 0.921 bits per heavy atom. The largest absolute Gasteiger partial charge is 0.368 e. The molecule has 8 heteroatoms. The highest BCUT2D eigenvalue weighted by Crippen LogP contribution is 2.31. The molecule has 0 aliphatic rings. The Balaban J connectivity index is 1.57. The van der Waals surface area contributed by atoms with E-state index in [0.29, 0.717) is 28.7 Å². The van der Waals surface area contributed by atoms with E-state index in [-0.39, 0.29) is 17.4 Å². The summed E-state index contributed by atoms with van der Waals surface area (Å²) in [6.45, 7) is 3.93.